The van der Waals surface area contributed by atoms with Crippen molar-refractivity contribution in [3.63, 3.8) is 0 Å². The van der Waals surface area contributed by atoms with E-state index in [4.69, 9.17) is 11.6 Å². The number of H-pyrrole nitrogens is 1. The molecule has 1 fully saturated rings. The highest BCUT2D eigenvalue weighted by atomic mass is 35.5. The molecule has 0 bridgehead atoms. The lowest BCUT2D eigenvalue weighted by Gasteiger charge is -2.10. The van der Waals surface area contributed by atoms with Crippen LogP contribution in [0.25, 0.3) is 0 Å². The summed E-state index contributed by atoms with van der Waals surface area (Å²) in [5, 5.41) is 9.53. The lowest BCUT2D eigenvalue weighted by atomic mass is 10.0. The zero-order valence-electron chi connectivity index (χ0n) is 10.8. The summed E-state index contributed by atoms with van der Waals surface area (Å²) in [7, 11) is 0. The summed E-state index contributed by atoms with van der Waals surface area (Å²) < 4.78 is 0. The Morgan fingerprint density at radius 3 is 3.15 bits per heavy atom. The summed E-state index contributed by atoms with van der Waals surface area (Å²) in [6.45, 7) is 0.842. The van der Waals surface area contributed by atoms with Crippen LogP contribution in [0.15, 0.2) is 35.3 Å². The smallest absolute Gasteiger partial charge is 0.285 e. The first-order valence-corrected chi connectivity index (χ1v) is 7.18. The third-order valence-electron chi connectivity index (χ3n) is 4.53. The second-order valence-corrected chi connectivity index (χ2v) is 5.94. The molecule has 102 valence electrons. The lowest BCUT2D eigenvalue weighted by Crippen LogP contribution is -2.14. The van der Waals surface area contributed by atoms with Gasteiger partial charge in [-0.15, -0.1) is 0 Å². The van der Waals surface area contributed by atoms with Crippen molar-refractivity contribution < 1.29 is 0 Å². The van der Waals surface area contributed by atoms with Crippen molar-refractivity contribution in [3.8, 4) is 0 Å². The third kappa shape index (κ3) is 1.75. The molecule has 0 spiro atoms. The molecule has 3 atom stereocenters. The van der Waals surface area contributed by atoms with Gasteiger partial charge in [0.15, 0.2) is 0 Å². The average molecular weight is 288 g/mol. The molecular formula is C15H14ClN3O. The molecule has 0 amide bonds. The molecule has 1 aromatic heterocycles. The molecule has 2 aliphatic carbocycles. The Hall–Kier alpha value is -1.81. The number of aromatic amines is 1. The van der Waals surface area contributed by atoms with E-state index in [2.05, 4.69) is 39.8 Å². The van der Waals surface area contributed by atoms with Crippen LogP contribution >= 0.6 is 11.6 Å². The van der Waals surface area contributed by atoms with Crippen molar-refractivity contribution >= 4 is 17.3 Å². The van der Waals surface area contributed by atoms with Gasteiger partial charge in [-0.25, -0.2) is 5.10 Å². The van der Waals surface area contributed by atoms with E-state index in [0.717, 1.165) is 12.5 Å². The molecule has 0 saturated heterocycles. The zero-order chi connectivity index (χ0) is 13.7. The first-order valence-electron chi connectivity index (χ1n) is 6.80. The van der Waals surface area contributed by atoms with Gasteiger partial charge in [0.05, 0.1) is 11.9 Å². The normalized spacial score (nSPS) is 25.9. The van der Waals surface area contributed by atoms with Gasteiger partial charge in [-0.1, -0.05) is 35.9 Å². The van der Waals surface area contributed by atoms with Crippen LogP contribution in [0, 0.1) is 11.8 Å². The van der Waals surface area contributed by atoms with Crippen LogP contribution in [0.4, 0.5) is 5.69 Å². The van der Waals surface area contributed by atoms with E-state index in [0.29, 0.717) is 17.5 Å². The van der Waals surface area contributed by atoms with Crippen LogP contribution in [0.5, 0.6) is 0 Å². The molecule has 0 aliphatic heterocycles. The van der Waals surface area contributed by atoms with Gasteiger partial charge in [-0.2, -0.15) is 5.10 Å². The Balaban J connectivity index is 1.47. The van der Waals surface area contributed by atoms with Crippen molar-refractivity contribution in [2.45, 2.75) is 12.3 Å². The summed E-state index contributed by atoms with van der Waals surface area (Å²) in [5.41, 5.74) is 3.26. The molecular weight excluding hydrogens is 274 g/mol. The van der Waals surface area contributed by atoms with Crippen LogP contribution < -0.4 is 10.9 Å². The number of halogens is 1. The maximum absolute atomic E-state index is 11.4. The standard InChI is InChI=1S/C15H14ClN3O/c16-14-12(7-18-19-15(14)20)17-6-11-10-5-8-3-1-2-4-9(8)13(10)11/h1-4,7,10-11,13H,5-6H2,(H2,17,19,20). The third-order valence-corrected chi connectivity index (χ3v) is 4.90. The van der Waals surface area contributed by atoms with Crippen LogP contribution in [-0.4, -0.2) is 16.7 Å². The van der Waals surface area contributed by atoms with E-state index in [1.165, 1.54) is 17.5 Å². The molecule has 2 aliphatic rings. The number of hydrogen-bond donors (Lipinski definition) is 2. The van der Waals surface area contributed by atoms with Gasteiger partial charge >= 0.3 is 0 Å². The molecule has 3 unspecified atom stereocenters. The lowest BCUT2D eigenvalue weighted by molar-refractivity contribution is 0.719. The predicted molar refractivity (Wildman–Crippen MR) is 78.2 cm³/mol. The summed E-state index contributed by atoms with van der Waals surface area (Å²) in [5.74, 6) is 2.06. The van der Waals surface area contributed by atoms with Gasteiger partial charge in [0.2, 0.25) is 0 Å². The monoisotopic (exact) mass is 287 g/mol. The predicted octanol–water partition coefficient (Wildman–Crippen LogP) is 2.42. The number of benzene rings is 1. The molecule has 5 heteroatoms. The van der Waals surface area contributed by atoms with E-state index in [-0.39, 0.29) is 10.6 Å². The Morgan fingerprint density at radius 2 is 2.25 bits per heavy atom. The number of nitrogens with zero attached hydrogens (tertiary/aromatic N) is 1. The minimum Gasteiger partial charge on any atom is -0.382 e. The van der Waals surface area contributed by atoms with Crippen molar-refractivity contribution in [1.29, 1.82) is 0 Å². The number of fused-ring (bicyclic) bond motifs is 3. The Labute approximate surface area is 121 Å². The van der Waals surface area contributed by atoms with Gasteiger partial charge in [0.1, 0.15) is 5.02 Å². The summed E-state index contributed by atoms with van der Waals surface area (Å²) in [6.07, 6.45) is 2.74. The molecule has 0 radical (unpaired) electrons. The number of anilines is 1. The first-order chi connectivity index (χ1) is 9.75. The Kier molecular flexibility index (Phi) is 2.60. The fourth-order valence-corrected chi connectivity index (χ4v) is 3.65. The zero-order valence-corrected chi connectivity index (χ0v) is 11.5. The van der Waals surface area contributed by atoms with E-state index >= 15 is 0 Å². The fraction of sp³-hybridized carbons (Fsp3) is 0.333. The molecule has 4 nitrogen and oxygen atoms in total. The number of nitrogens with one attached hydrogen (secondary N) is 2. The summed E-state index contributed by atoms with van der Waals surface area (Å²) in [6, 6.07) is 8.69. The fourth-order valence-electron chi connectivity index (χ4n) is 3.50. The molecule has 2 N–H and O–H groups in total. The number of rotatable bonds is 3. The molecule has 1 heterocycles. The molecule has 4 rings (SSSR count). The van der Waals surface area contributed by atoms with Crippen molar-refractivity contribution in [2.24, 2.45) is 11.8 Å². The van der Waals surface area contributed by atoms with Gasteiger partial charge < -0.3 is 5.32 Å². The van der Waals surface area contributed by atoms with Crippen molar-refractivity contribution in [1.82, 2.24) is 10.2 Å². The summed E-state index contributed by atoms with van der Waals surface area (Å²) >= 11 is 5.95. The largest absolute Gasteiger partial charge is 0.382 e. The SMILES string of the molecule is O=c1[nH]ncc(NCC2C3Cc4ccccc4C23)c1Cl. The second-order valence-electron chi connectivity index (χ2n) is 5.56. The highest BCUT2D eigenvalue weighted by molar-refractivity contribution is 6.32. The number of hydrogen-bond acceptors (Lipinski definition) is 3. The van der Waals surface area contributed by atoms with E-state index < -0.39 is 0 Å². The second kappa shape index (κ2) is 4.35. The quantitative estimate of drug-likeness (QED) is 0.911. The maximum atomic E-state index is 11.4. The minimum atomic E-state index is -0.349. The van der Waals surface area contributed by atoms with E-state index in [1.54, 1.807) is 6.20 Å². The average Bonchev–Trinajstić information content (AvgIpc) is 2.99. The van der Waals surface area contributed by atoms with Gasteiger partial charge in [-0.05, 0) is 35.3 Å². The van der Waals surface area contributed by atoms with Gasteiger partial charge in [0.25, 0.3) is 5.56 Å². The van der Waals surface area contributed by atoms with Crippen molar-refractivity contribution in [3.05, 3.63) is 57.0 Å². The Morgan fingerprint density at radius 1 is 1.40 bits per heavy atom. The van der Waals surface area contributed by atoms with Crippen LogP contribution in [0.2, 0.25) is 5.02 Å². The topological polar surface area (TPSA) is 57.8 Å². The van der Waals surface area contributed by atoms with Gasteiger partial charge in [-0.3, -0.25) is 4.79 Å². The summed E-state index contributed by atoms with van der Waals surface area (Å²) in [4.78, 5) is 11.4. The Bertz CT molecular complexity index is 727. The van der Waals surface area contributed by atoms with Crippen LogP contribution in [0.3, 0.4) is 0 Å². The first kappa shape index (κ1) is 12.0. The molecule has 1 saturated carbocycles. The number of aromatic nitrogens is 2. The van der Waals surface area contributed by atoms with Crippen LogP contribution in [0.1, 0.15) is 17.0 Å². The highest BCUT2D eigenvalue weighted by Gasteiger charge is 2.54. The highest BCUT2D eigenvalue weighted by Crippen LogP contribution is 2.61. The maximum Gasteiger partial charge on any atom is 0.285 e. The van der Waals surface area contributed by atoms with E-state index in [1.807, 2.05) is 0 Å². The van der Waals surface area contributed by atoms with E-state index in [9.17, 15) is 4.79 Å². The molecule has 2 aromatic rings. The van der Waals surface area contributed by atoms with Gasteiger partial charge in [0, 0.05) is 6.54 Å². The molecule has 20 heavy (non-hydrogen) atoms. The van der Waals surface area contributed by atoms with Crippen LogP contribution in [-0.2, 0) is 6.42 Å². The minimum absolute atomic E-state index is 0.186. The molecule has 1 aromatic carbocycles. The van der Waals surface area contributed by atoms with Crippen molar-refractivity contribution in [2.75, 3.05) is 11.9 Å².